The molecule has 10 N–H and O–H groups in total. The van der Waals surface area contributed by atoms with Gasteiger partial charge in [0, 0.05) is 50.4 Å². The monoisotopic (exact) mass is 342 g/mol. The molecule has 0 spiro atoms. The van der Waals surface area contributed by atoms with Crippen molar-refractivity contribution in [2.24, 2.45) is 28.7 Å². The molecule has 1 aromatic carbocycles. The number of hydrogen-bond acceptors (Lipinski definition) is 8. The Kier molecular flexibility index (Phi) is 26.7. The highest BCUT2D eigenvalue weighted by atomic mass is 16.1. The van der Waals surface area contributed by atoms with Gasteiger partial charge in [-0.05, 0) is 14.1 Å². The topological polar surface area (TPSA) is 167 Å². The molecule has 0 radical (unpaired) electrons. The number of carbonyl (C=O) groups is 2. The van der Waals surface area contributed by atoms with Gasteiger partial charge in [-0.15, -0.1) is 0 Å². The SMILES string of the molecule is CN.CN.NCCN(CCN)CCN.O=Cc1ccc(C=O)cc1. The molecular weight excluding hydrogens is 308 g/mol. The molecule has 0 unspecified atom stereocenters. The van der Waals surface area contributed by atoms with Crippen molar-refractivity contribution in [1.82, 2.24) is 4.90 Å². The van der Waals surface area contributed by atoms with Gasteiger partial charge in [0.1, 0.15) is 12.6 Å². The molecule has 0 aliphatic carbocycles. The zero-order valence-electron chi connectivity index (χ0n) is 14.9. The fourth-order valence-electron chi connectivity index (χ4n) is 1.54. The maximum Gasteiger partial charge on any atom is 0.150 e. The maximum absolute atomic E-state index is 10.1. The molecule has 8 heteroatoms. The molecule has 0 aliphatic rings. The highest BCUT2D eigenvalue weighted by molar-refractivity contribution is 5.79. The largest absolute Gasteiger partial charge is 0.333 e. The van der Waals surface area contributed by atoms with E-state index < -0.39 is 0 Å². The average Bonchev–Trinajstić information content (AvgIpc) is 2.66. The third-order valence-corrected chi connectivity index (χ3v) is 2.54. The van der Waals surface area contributed by atoms with Crippen molar-refractivity contribution in [3.05, 3.63) is 35.4 Å². The summed E-state index contributed by atoms with van der Waals surface area (Å²) in [5.74, 6) is 0. The third-order valence-electron chi connectivity index (χ3n) is 2.54. The van der Waals surface area contributed by atoms with Gasteiger partial charge < -0.3 is 28.7 Å². The van der Waals surface area contributed by atoms with Crippen LogP contribution in [0.3, 0.4) is 0 Å². The smallest absolute Gasteiger partial charge is 0.150 e. The fraction of sp³-hybridized carbons (Fsp3) is 0.500. The molecule has 0 aromatic heterocycles. The number of rotatable bonds is 8. The molecule has 0 saturated heterocycles. The first kappa shape index (κ1) is 27.2. The predicted octanol–water partition coefficient (Wildman–Crippen LogP) is -1.37. The second-order valence-corrected chi connectivity index (χ2v) is 4.11. The van der Waals surface area contributed by atoms with Gasteiger partial charge in [0.15, 0.2) is 0 Å². The summed E-state index contributed by atoms with van der Waals surface area (Å²) in [6.07, 6.45) is 1.49. The quantitative estimate of drug-likeness (QED) is 0.360. The summed E-state index contributed by atoms with van der Waals surface area (Å²) < 4.78 is 0. The van der Waals surface area contributed by atoms with E-state index in [1.165, 1.54) is 14.1 Å². The number of carbonyl (C=O) groups excluding carboxylic acids is 2. The Morgan fingerprint density at radius 1 is 0.708 bits per heavy atom. The summed E-state index contributed by atoms with van der Waals surface area (Å²) in [6.45, 7) is 4.73. The first-order chi connectivity index (χ1) is 11.7. The van der Waals surface area contributed by atoms with E-state index in [0.717, 1.165) is 32.2 Å². The minimum Gasteiger partial charge on any atom is -0.333 e. The summed E-state index contributed by atoms with van der Waals surface area (Å²) in [5, 5.41) is 0. The molecule has 1 rings (SSSR count). The molecule has 140 valence electrons. The second-order valence-electron chi connectivity index (χ2n) is 4.11. The Hall–Kier alpha value is -1.68. The highest BCUT2D eigenvalue weighted by Gasteiger charge is 1.98. The van der Waals surface area contributed by atoms with E-state index in [-0.39, 0.29) is 0 Å². The van der Waals surface area contributed by atoms with Crippen LogP contribution in [0.25, 0.3) is 0 Å². The minimum atomic E-state index is 0.589. The predicted molar refractivity (Wildman–Crippen MR) is 101 cm³/mol. The number of nitrogens with two attached hydrogens (primary N) is 5. The Labute approximate surface area is 145 Å². The lowest BCUT2D eigenvalue weighted by Gasteiger charge is -2.18. The molecule has 24 heavy (non-hydrogen) atoms. The van der Waals surface area contributed by atoms with Crippen molar-refractivity contribution >= 4 is 12.6 Å². The molecule has 0 atom stereocenters. The molecule has 0 heterocycles. The van der Waals surface area contributed by atoms with Crippen LogP contribution in [0.1, 0.15) is 20.7 Å². The average molecular weight is 342 g/mol. The van der Waals surface area contributed by atoms with Gasteiger partial charge in [0.05, 0.1) is 0 Å². The standard InChI is InChI=1S/C8H6O2.C6H18N4.2CH5N/c9-5-7-1-2-8(6-10)4-3-7;7-1-4-10(5-2-8)6-3-9;2*1-2/h1-6H;1-9H2;2*2H2,1H3. The summed E-state index contributed by atoms with van der Waals surface area (Å²) >= 11 is 0. The Morgan fingerprint density at radius 3 is 1.12 bits per heavy atom. The summed E-state index contributed by atoms with van der Waals surface area (Å²) in [5.41, 5.74) is 26.3. The number of benzene rings is 1. The first-order valence-corrected chi connectivity index (χ1v) is 7.70. The van der Waals surface area contributed by atoms with Crippen LogP contribution in [0, 0.1) is 0 Å². The molecule has 0 bridgehead atoms. The maximum atomic E-state index is 10.1. The molecule has 1 aromatic rings. The van der Waals surface area contributed by atoms with Crippen LogP contribution in [0.2, 0.25) is 0 Å². The van der Waals surface area contributed by atoms with Crippen LogP contribution in [-0.4, -0.2) is 70.8 Å². The van der Waals surface area contributed by atoms with Gasteiger partial charge in [-0.1, -0.05) is 24.3 Å². The first-order valence-electron chi connectivity index (χ1n) is 7.70. The van der Waals surface area contributed by atoms with Crippen LogP contribution in [0.5, 0.6) is 0 Å². The lowest BCUT2D eigenvalue weighted by atomic mass is 10.2. The Morgan fingerprint density at radius 2 is 0.958 bits per heavy atom. The summed E-state index contributed by atoms with van der Waals surface area (Å²) in [6, 6.07) is 6.43. The molecule has 0 saturated carbocycles. The Bertz CT molecular complexity index is 332. The van der Waals surface area contributed by atoms with Crippen molar-refractivity contribution in [2.45, 2.75) is 0 Å². The van der Waals surface area contributed by atoms with E-state index in [2.05, 4.69) is 16.4 Å². The van der Waals surface area contributed by atoms with Crippen LogP contribution < -0.4 is 28.7 Å². The van der Waals surface area contributed by atoms with Gasteiger partial charge in [0.25, 0.3) is 0 Å². The van der Waals surface area contributed by atoms with Crippen molar-refractivity contribution in [2.75, 3.05) is 53.4 Å². The van der Waals surface area contributed by atoms with Gasteiger partial charge in [-0.25, -0.2) is 0 Å². The van der Waals surface area contributed by atoms with Crippen LogP contribution in [0.4, 0.5) is 0 Å². The van der Waals surface area contributed by atoms with Crippen LogP contribution in [-0.2, 0) is 0 Å². The van der Waals surface area contributed by atoms with E-state index in [9.17, 15) is 9.59 Å². The molecular formula is C16H34N6O2. The lowest BCUT2D eigenvalue weighted by Crippen LogP contribution is -2.37. The van der Waals surface area contributed by atoms with Crippen LogP contribution in [0.15, 0.2) is 24.3 Å². The van der Waals surface area contributed by atoms with E-state index in [4.69, 9.17) is 17.2 Å². The molecule has 8 nitrogen and oxygen atoms in total. The number of nitrogens with zero attached hydrogens (tertiary/aromatic N) is 1. The van der Waals surface area contributed by atoms with Crippen molar-refractivity contribution < 1.29 is 9.59 Å². The molecule has 0 aliphatic heterocycles. The minimum absolute atomic E-state index is 0.589. The fourth-order valence-corrected chi connectivity index (χ4v) is 1.54. The lowest BCUT2D eigenvalue weighted by molar-refractivity contribution is 0.111. The normalized spacial score (nSPS) is 8.67. The number of hydrogen-bond donors (Lipinski definition) is 5. The summed E-state index contributed by atoms with van der Waals surface area (Å²) in [4.78, 5) is 22.4. The van der Waals surface area contributed by atoms with Gasteiger partial charge in [0.2, 0.25) is 0 Å². The van der Waals surface area contributed by atoms with E-state index in [0.29, 0.717) is 30.8 Å². The molecule has 0 fully saturated rings. The zero-order chi connectivity index (χ0) is 19.2. The van der Waals surface area contributed by atoms with E-state index in [1.807, 2.05) is 0 Å². The van der Waals surface area contributed by atoms with Crippen molar-refractivity contribution in [1.29, 1.82) is 0 Å². The highest BCUT2D eigenvalue weighted by Crippen LogP contribution is 1.98. The summed E-state index contributed by atoms with van der Waals surface area (Å²) in [7, 11) is 3.00. The number of aldehydes is 2. The zero-order valence-corrected chi connectivity index (χ0v) is 14.9. The van der Waals surface area contributed by atoms with Gasteiger partial charge >= 0.3 is 0 Å². The van der Waals surface area contributed by atoms with Crippen molar-refractivity contribution in [3.8, 4) is 0 Å². The van der Waals surface area contributed by atoms with Gasteiger partial charge in [-0.2, -0.15) is 0 Å². The third kappa shape index (κ3) is 16.7. The Balaban J connectivity index is -0.000000304. The van der Waals surface area contributed by atoms with Crippen molar-refractivity contribution in [3.63, 3.8) is 0 Å². The second kappa shape index (κ2) is 23.6. The molecule has 0 amide bonds. The van der Waals surface area contributed by atoms with Crippen LogP contribution >= 0.6 is 0 Å². The van der Waals surface area contributed by atoms with E-state index >= 15 is 0 Å². The van der Waals surface area contributed by atoms with E-state index in [1.54, 1.807) is 24.3 Å². The van der Waals surface area contributed by atoms with Gasteiger partial charge in [-0.3, -0.25) is 14.5 Å².